The number of carbonyl (C=O) groups excluding carboxylic acids is 2. The maximum atomic E-state index is 13.5. The Morgan fingerprint density at radius 2 is 1.89 bits per heavy atom. The first-order valence-electron chi connectivity index (χ1n) is 5.33. The van der Waals surface area contributed by atoms with Gasteiger partial charge in [-0.2, -0.15) is 0 Å². The molecule has 1 aromatic carbocycles. The van der Waals surface area contributed by atoms with Crippen molar-refractivity contribution in [2.45, 2.75) is 0 Å². The fourth-order valence-electron chi connectivity index (χ4n) is 1.33. The van der Waals surface area contributed by atoms with Gasteiger partial charge in [-0.05, 0) is 18.2 Å². The minimum absolute atomic E-state index is 0.0988. The van der Waals surface area contributed by atoms with E-state index >= 15 is 0 Å². The number of benzene rings is 1. The van der Waals surface area contributed by atoms with Gasteiger partial charge in [0.2, 0.25) is 5.91 Å². The molecule has 0 unspecified atom stereocenters. The number of hydrogen-bond acceptors (Lipinski definition) is 3. The number of nitrogen functional groups attached to an aromatic ring is 1. The van der Waals surface area contributed by atoms with Crippen molar-refractivity contribution >= 4 is 17.5 Å². The smallest absolute Gasteiger partial charge is 0.257 e. The number of nitrogens with zero attached hydrogens (tertiary/aromatic N) is 2. The lowest BCUT2D eigenvalue weighted by Crippen LogP contribution is -2.38. The maximum absolute atomic E-state index is 13.5. The molecule has 0 aromatic heterocycles. The molecule has 2 amide bonds. The van der Waals surface area contributed by atoms with Gasteiger partial charge in [-0.1, -0.05) is 0 Å². The summed E-state index contributed by atoms with van der Waals surface area (Å²) in [7, 11) is 4.62. The van der Waals surface area contributed by atoms with Crippen LogP contribution in [0.4, 0.5) is 10.1 Å². The second-order valence-corrected chi connectivity index (χ2v) is 4.19. The number of amides is 2. The third-order valence-corrected chi connectivity index (χ3v) is 2.44. The normalized spacial score (nSPS) is 10.0. The van der Waals surface area contributed by atoms with Gasteiger partial charge in [-0.15, -0.1) is 0 Å². The van der Waals surface area contributed by atoms with Gasteiger partial charge in [0.05, 0.1) is 12.1 Å². The number of likely N-dealkylation sites (N-methyl/N-ethyl adjacent to an activating group) is 2. The number of carbonyl (C=O) groups is 2. The summed E-state index contributed by atoms with van der Waals surface area (Å²) >= 11 is 0. The van der Waals surface area contributed by atoms with E-state index in [9.17, 15) is 14.0 Å². The molecule has 2 N–H and O–H groups in total. The summed E-state index contributed by atoms with van der Waals surface area (Å²) in [5.74, 6) is -1.48. The SMILES string of the molecule is CN(C)C(=O)CN(C)C(=O)c1ccc(N)cc1F. The summed E-state index contributed by atoms with van der Waals surface area (Å²) in [4.78, 5) is 25.9. The van der Waals surface area contributed by atoms with Crippen LogP contribution in [0, 0.1) is 5.82 Å². The molecule has 0 aliphatic carbocycles. The quantitative estimate of drug-likeness (QED) is 0.801. The Bertz CT molecular complexity index is 474. The number of anilines is 1. The zero-order chi connectivity index (χ0) is 13.9. The molecule has 1 rings (SSSR count). The molecule has 18 heavy (non-hydrogen) atoms. The Morgan fingerprint density at radius 1 is 1.28 bits per heavy atom. The van der Waals surface area contributed by atoms with Gasteiger partial charge in [0.25, 0.3) is 5.91 Å². The molecular formula is C12H16FN3O2. The molecule has 0 aliphatic rings. The lowest BCUT2D eigenvalue weighted by atomic mass is 10.1. The average Bonchev–Trinajstić information content (AvgIpc) is 2.27. The van der Waals surface area contributed by atoms with Crippen molar-refractivity contribution in [3.63, 3.8) is 0 Å². The van der Waals surface area contributed by atoms with E-state index in [1.807, 2.05) is 0 Å². The van der Waals surface area contributed by atoms with Crippen molar-refractivity contribution in [3.8, 4) is 0 Å². The molecular weight excluding hydrogens is 237 g/mol. The van der Waals surface area contributed by atoms with Crippen LogP contribution in [0.5, 0.6) is 0 Å². The van der Waals surface area contributed by atoms with E-state index in [0.29, 0.717) is 0 Å². The van der Waals surface area contributed by atoms with Gasteiger partial charge in [0.15, 0.2) is 0 Å². The Morgan fingerprint density at radius 3 is 2.39 bits per heavy atom. The fourth-order valence-corrected chi connectivity index (χ4v) is 1.33. The first kappa shape index (κ1) is 14.0. The van der Waals surface area contributed by atoms with Gasteiger partial charge in [-0.25, -0.2) is 4.39 Å². The molecule has 0 saturated heterocycles. The van der Waals surface area contributed by atoms with Crippen LogP contribution in [-0.4, -0.2) is 49.3 Å². The van der Waals surface area contributed by atoms with Crippen molar-refractivity contribution in [3.05, 3.63) is 29.6 Å². The van der Waals surface area contributed by atoms with E-state index in [1.54, 1.807) is 14.1 Å². The number of halogens is 1. The summed E-state index contributed by atoms with van der Waals surface area (Å²) in [5, 5.41) is 0. The lowest BCUT2D eigenvalue weighted by Gasteiger charge is -2.19. The Labute approximate surface area is 105 Å². The van der Waals surface area contributed by atoms with Gasteiger partial charge < -0.3 is 15.5 Å². The van der Waals surface area contributed by atoms with Gasteiger partial charge in [0, 0.05) is 26.8 Å². The molecule has 0 aliphatic heterocycles. The van der Waals surface area contributed by atoms with E-state index in [4.69, 9.17) is 5.73 Å². The van der Waals surface area contributed by atoms with Crippen molar-refractivity contribution in [1.29, 1.82) is 0 Å². The van der Waals surface area contributed by atoms with Gasteiger partial charge in [0.1, 0.15) is 5.82 Å². The van der Waals surface area contributed by atoms with Crippen molar-refractivity contribution < 1.29 is 14.0 Å². The highest BCUT2D eigenvalue weighted by Crippen LogP contribution is 2.13. The van der Waals surface area contributed by atoms with Crippen LogP contribution < -0.4 is 5.73 Å². The summed E-state index contributed by atoms with van der Waals surface area (Å²) in [6.07, 6.45) is 0. The van der Waals surface area contributed by atoms with Crippen molar-refractivity contribution in [2.24, 2.45) is 0 Å². The van der Waals surface area contributed by atoms with E-state index in [0.717, 1.165) is 11.0 Å². The fraction of sp³-hybridized carbons (Fsp3) is 0.333. The largest absolute Gasteiger partial charge is 0.399 e. The van der Waals surface area contributed by atoms with Crippen LogP contribution in [0.2, 0.25) is 0 Å². The molecule has 0 atom stereocenters. The highest BCUT2D eigenvalue weighted by molar-refractivity contribution is 5.96. The van der Waals surface area contributed by atoms with Crippen LogP contribution in [0.25, 0.3) is 0 Å². The summed E-state index contributed by atoms with van der Waals surface area (Å²) < 4.78 is 13.5. The summed E-state index contributed by atoms with van der Waals surface area (Å²) in [6, 6.07) is 3.83. The minimum Gasteiger partial charge on any atom is -0.399 e. The average molecular weight is 253 g/mol. The zero-order valence-electron chi connectivity index (χ0n) is 10.6. The molecule has 0 bridgehead atoms. The molecule has 6 heteroatoms. The highest BCUT2D eigenvalue weighted by Gasteiger charge is 2.19. The topological polar surface area (TPSA) is 66.6 Å². The first-order chi connectivity index (χ1) is 8.32. The lowest BCUT2D eigenvalue weighted by molar-refractivity contribution is -0.129. The predicted molar refractivity (Wildman–Crippen MR) is 66.5 cm³/mol. The Hall–Kier alpha value is -2.11. The number of hydrogen-bond donors (Lipinski definition) is 1. The third-order valence-electron chi connectivity index (χ3n) is 2.44. The van der Waals surface area contributed by atoms with Crippen molar-refractivity contribution in [1.82, 2.24) is 9.80 Å². The van der Waals surface area contributed by atoms with Gasteiger partial charge >= 0.3 is 0 Å². The van der Waals surface area contributed by atoms with Crippen LogP contribution >= 0.6 is 0 Å². The van der Waals surface area contributed by atoms with Crippen molar-refractivity contribution in [2.75, 3.05) is 33.4 Å². The monoisotopic (exact) mass is 253 g/mol. The second-order valence-electron chi connectivity index (χ2n) is 4.19. The van der Waals surface area contributed by atoms with E-state index in [1.165, 1.54) is 24.1 Å². The molecule has 98 valence electrons. The number of rotatable bonds is 3. The molecule has 0 saturated carbocycles. The van der Waals surface area contributed by atoms with Crippen LogP contribution in [-0.2, 0) is 4.79 Å². The molecule has 5 nitrogen and oxygen atoms in total. The van der Waals surface area contributed by atoms with Crippen LogP contribution in [0.3, 0.4) is 0 Å². The standard InChI is InChI=1S/C12H16FN3O2/c1-15(2)11(17)7-16(3)12(18)9-5-4-8(14)6-10(9)13/h4-6H,7,14H2,1-3H3. The van der Waals surface area contributed by atoms with E-state index < -0.39 is 11.7 Å². The first-order valence-corrected chi connectivity index (χ1v) is 5.33. The maximum Gasteiger partial charge on any atom is 0.257 e. The molecule has 0 heterocycles. The Kier molecular flexibility index (Phi) is 4.25. The molecule has 0 spiro atoms. The zero-order valence-corrected chi connectivity index (χ0v) is 10.6. The van der Waals surface area contributed by atoms with Crippen LogP contribution in [0.15, 0.2) is 18.2 Å². The number of nitrogens with two attached hydrogens (primary N) is 1. The predicted octanol–water partition coefficient (Wildman–Crippen LogP) is 0.568. The minimum atomic E-state index is -0.691. The second kappa shape index (κ2) is 5.48. The molecule has 0 radical (unpaired) electrons. The molecule has 1 aromatic rings. The van der Waals surface area contributed by atoms with E-state index in [2.05, 4.69) is 0 Å². The molecule has 0 fully saturated rings. The van der Waals surface area contributed by atoms with Crippen LogP contribution in [0.1, 0.15) is 10.4 Å². The summed E-state index contributed by atoms with van der Waals surface area (Å²) in [6.45, 7) is -0.102. The van der Waals surface area contributed by atoms with Gasteiger partial charge in [-0.3, -0.25) is 9.59 Å². The Balaban J connectivity index is 2.84. The highest BCUT2D eigenvalue weighted by atomic mass is 19.1. The third kappa shape index (κ3) is 3.19. The summed E-state index contributed by atoms with van der Waals surface area (Å²) in [5.41, 5.74) is 5.55. The van der Waals surface area contributed by atoms with E-state index in [-0.39, 0.29) is 23.7 Å².